The number of anilines is 1. The fourth-order valence-electron chi connectivity index (χ4n) is 4.20. The van der Waals surface area contributed by atoms with Crippen molar-refractivity contribution in [2.75, 3.05) is 4.90 Å². The third-order valence-corrected chi connectivity index (χ3v) is 6.73. The molecule has 1 N–H and O–H groups in total. The maximum absolute atomic E-state index is 13.2. The number of Topliss-reactive ketones (excluding diaryl/α,β-unsaturated/α-hetero) is 1. The maximum atomic E-state index is 13.2. The number of aliphatic hydroxyl groups excluding tert-OH is 1. The fraction of sp³-hybridized carbons (Fsp3) is 0.143. The fourth-order valence-corrected chi connectivity index (χ4v) is 4.91. The summed E-state index contributed by atoms with van der Waals surface area (Å²) in [5.74, 6) is -1.15. The molecule has 0 bridgehead atoms. The summed E-state index contributed by atoms with van der Waals surface area (Å²) in [5.41, 5.74) is 3.31. The van der Waals surface area contributed by atoms with Crippen molar-refractivity contribution in [1.82, 2.24) is 10.2 Å². The van der Waals surface area contributed by atoms with Crippen LogP contribution in [0.2, 0.25) is 0 Å². The predicted octanol–water partition coefficient (Wildman–Crippen LogP) is 5.36. The summed E-state index contributed by atoms with van der Waals surface area (Å²) < 4.78 is 5.87. The molecular formula is C28H23N3O4S. The number of carbonyl (C=O) groups is 2. The quantitative estimate of drug-likeness (QED) is 0.219. The molecule has 0 radical (unpaired) electrons. The van der Waals surface area contributed by atoms with Gasteiger partial charge in [-0.05, 0) is 49.2 Å². The van der Waals surface area contributed by atoms with Crippen molar-refractivity contribution in [1.29, 1.82) is 0 Å². The molecule has 0 spiro atoms. The van der Waals surface area contributed by atoms with E-state index in [9.17, 15) is 14.7 Å². The van der Waals surface area contributed by atoms with Gasteiger partial charge in [0.25, 0.3) is 5.78 Å². The van der Waals surface area contributed by atoms with Gasteiger partial charge in [-0.2, -0.15) is 0 Å². The second-order valence-corrected chi connectivity index (χ2v) is 9.65. The van der Waals surface area contributed by atoms with Crippen LogP contribution in [0.4, 0.5) is 5.13 Å². The van der Waals surface area contributed by atoms with Crippen LogP contribution in [0.5, 0.6) is 5.75 Å². The van der Waals surface area contributed by atoms with Crippen LogP contribution in [0.25, 0.3) is 5.76 Å². The minimum absolute atomic E-state index is 0.00693. The van der Waals surface area contributed by atoms with E-state index in [4.69, 9.17) is 4.74 Å². The summed E-state index contributed by atoms with van der Waals surface area (Å²) in [4.78, 5) is 27.6. The number of aliphatic hydroxyl groups is 1. The molecule has 0 unspecified atom stereocenters. The van der Waals surface area contributed by atoms with E-state index in [2.05, 4.69) is 16.3 Å². The highest BCUT2D eigenvalue weighted by molar-refractivity contribution is 7.15. The van der Waals surface area contributed by atoms with Gasteiger partial charge in [-0.1, -0.05) is 71.5 Å². The summed E-state index contributed by atoms with van der Waals surface area (Å²) in [7, 11) is 0. The van der Waals surface area contributed by atoms with Crippen molar-refractivity contribution in [3.05, 3.63) is 112 Å². The van der Waals surface area contributed by atoms with E-state index in [1.165, 1.54) is 16.2 Å². The van der Waals surface area contributed by atoms with Gasteiger partial charge in [-0.3, -0.25) is 14.5 Å². The van der Waals surface area contributed by atoms with Crippen LogP contribution in [0, 0.1) is 13.8 Å². The smallest absolute Gasteiger partial charge is 0.301 e. The van der Waals surface area contributed by atoms with Crippen LogP contribution in [0.15, 0.2) is 84.4 Å². The van der Waals surface area contributed by atoms with Gasteiger partial charge in [0.05, 0.1) is 11.6 Å². The lowest BCUT2D eigenvalue weighted by molar-refractivity contribution is -0.132. The lowest BCUT2D eigenvalue weighted by Crippen LogP contribution is -2.29. The third-order valence-electron chi connectivity index (χ3n) is 5.90. The Hall–Kier alpha value is -4.30. The zero-order chi connectivity index (χ0) is 25.2. The van der Waals surface area contributed by atoms with E-state index in [1.807, 2.05) is 55.5 Å². The van der Waals surface area contributed by atoms with Gasteiger partial charge in [-0.25, -0.2) is 0 Å². The molecule has 7 nitrogen and oxygen atoms in total. The second-order valence-electron chi connectivity index (χ2n) is 8.49. The van der Waals surface area contributed by atoms with Gasteiger partial charge in [0.1, 0.15) is 23.1 Å². The first-order valence-electron chi connectivity index (χ1n) is 11.4. The van der Waals surface area contributed by atoms with Gasteiger partial charge >= 0.3 is 5.91 Å². The normalized spacial score (nSPS) is 16.9. The standard InChI is InChI=1S/C28H23N3O4S/c1-17-7-6-8-19(15-17)16-35-22-13-11-21(12-14-22)25(32)23-24(20-9-4-3-5-10-20)31(27(34)26(23)33)28-30-29-18(2)36-28/h3-15,24,32H,16H2,1-2H3/t24-/m1/s1. The first kappa shape index (κ1) is 23.4. The summed E-state index contributed by atoms with van der Waals surface area (Å²) in [6, 6.07) is 23.2. The molecule has 1 fully saturated rings. The van der Waals surface area contributed by atoms with E-state index >= 15 is 0 Å². The molecule has 180 valence electrons. The lowest BCUT2D eigenvalue weighted by atomic mass is 9.95. The number of aromatic nitrogens is 2. The van der Waals surface area contributed by atoms with Crippen molar-refractivity contribution < 1.29 is 19.4 Å². The molecule has 1 amide bonds. The number of ether oxygens (including phenoxy) is 1. The molecule has 2 heterocycles. The van der Waals surface area contributed by atoms with Crippen molar-refractivity contribution in [2.45, 2.75) is 26.5 Å². The lowest BCUT2D eigenvalue weighted by Gasteiger charge is -2.22. The minimum atomic E-state index is -0.823. The van der Waals surface area contributed by atoms with E-state index in [-0.39, 0.29) is 11.3 Å². The highest BCUT2D eigenvalue weighted by Crippen LogP contribution is 2.42. The monoisotopic (exact) mass is 497 g/mol. The molecule has 1 atom stereocenters. The van der Waals surface area contributed by atoms with E-state index in [0.29, 0.717) is 33.6 Å². The van der Waals surface area contributed by atoms with Gasteiger partial charge in [0.2, 0.25) is 5.13 Å². The van der Waals surface area contributed by atoms with E-state index in [0.717, 1.165) is 11.1 Å². The highest BCUT2D eigenvalue weighted by atomic mass is 32.1. The Morgan fingerprint density at radius 2 is 1.72 bits per heavy atom. The first-order valence-corrected chi connectivity index (χ1v) is 12.2. The predicted molar refractivity (Wildman–Crippen MR) is 138 cm³/mol. The summed E-state index contributed by atoms with van der Waals surface area (Å²) >= 11 is 1.22. The second kappa shape index (κ2) is 9.75. The number of amides is 1. The van der Waals surface area contributed by atoms with Crippen LogP contribution < -0.4 is 9.64 Å². The van der Waals surface area contributed by atoms with Crippen LogP contribution in [0.3, 0.4) is 0 Å². The van der Waals surface area contributed by atoms with Crippen LogP contribution in [-0.2, 0) is 16.2 Å². The summed E-state index contributed by atoms with van der Waals surface area (Å²) in [6.45, 7) is 4.21. The molecule has 4 aromatic rings. The molecule has 3 aromatic carbocycles. The SMILES string of the molecule is Cc1cccc(COc2ccc(C(O)=C3C(=O)C(=O)N(c4nnc(C)s4)[C@@H]3c3ccccc3)cc2)c1. The number of hydrogen-bond acceptors (Lipinski definition) is 7. The largest absolute Gasteiger partial charge is 0.507 e. The van der Waals surface area contributed by atoms with Crippen LogP contribution in [0.1, 0.15) is 33.3 Å². The molecule has 1 aliphatic heterocycles. The van der Waals surface area contributed by atoms with Crippen molar-refractivity contribution >= 4 is 33.9 Å². The van der Waals surface area contributed by atoms with Gasteiger partial charge in [-0.15, -0.1) is 10.2 Å². The Morgan fingerprint density at radius 3 is 2.39 bits per heavy atom. The molecule has 1 saturated heterocycles. The molecule has 0 aliphatic carbocycles. The zero-order valence-corrected chi connectivity index (χ0v) is 20.5. The van der Waals surface area contributed by atoms with E-state index in [1.54, 1.807) is 31.2 Å². The Bertz CT molecular complexity index is 1460. The van der Waals surface area contributed by atoms with Crippen molar-refractivity contribution in [3.63, 3.8) is 0 Å². The number of hydrogen-bond donors (Lipinski definition) is 1. The van der Waals surface area contributed by atoms with Crippen molar-refractivity contribution in [3.8, 4) is 5.75 Å². The Labute approximate surface area is 212 Å². The Balaban J connectivity index is 1.48. The molecule has 1 aliphatic rings. The molecule has 36 heavy (non-hydrogen) atoms. The number of carbonyl (C=O) groups excluding carboxylic acids is 2. The zero-order valence-electron chi connectivity index (χ0n) is 19.7. The average molecular weight is 498 g/mol. The number of rotatable bonds is 6. The molecular weight excluding hydrogens is 474 g/mol. The first-order chi connectivity index (χ1) is 17.4. The minimum Gasteiger partial charge on any atom is -0.507 e. The molecule has 1 aromatic heterocycles. The van der Waals surface area contributed by atoms with Crippen LogP contribution in [-0.4, -0.2) is 27.0 Å². The number of aryl methyl sites for hydroxylation is 2. The van der Waals surface area contributed by atoms with Crippen molar-refractivity contribution in [2.24, 2.45) is 0 Å². The Kier molecular flexibility index (Phi) is 6.35. The summed E-state index contributed by atoms with van der Waals surface area (Å²) in [6.07, 6.45) is 0. The molecule has 0 saturated carbocycles. The Morgan fingerprint density at radius 1 is 0.972 bits per heavy atom. The molecule has 8 heteroatoms. The topological polar surface area (TPSA) is 92.6 Å². The third kappa shape index (κ3) is 4.50. The average Bonchev–Trinajstić information content (AvgIpc) is 3.43. The van der Waals surface area contributed by atoms with Gasteiger partial charge < -0.3 is 9.84 Å². The maximum Gasteiger partial charge on any atom is 0.301 e. The summed E-state index contributed by atoms with van der Waals surface area (Å²) in [5, 5.41) is 20.3. The molecule has 5 rings (SSSR count). The van der Waals surface area contributed by atoms with Gasteiger partial charge in [0, 0.05) is 5.56 Å². The van der Waals surface area contributed by atoms with E-state index < -0.39 is 17.7 Å². The number of ketones is 1. The number of benzene rings is 3. The number of nitrogens with zero attached hydrogens (tertiary/aromatic N) is 3. The van der Waals surface area contributed by atoms with Crippen LogP contribution >= 0.6 is 11.3 Å². The highest BCUT2D eigenvalue weighted by Gasteiger charge is 2.48. The van der Waals surface area contributed by atoms with Gasteiger partial charge in [0.15, 0.2) is 0 Å².